The van der Waals surface area contributed by atoms with Gasteiger partial charge in [0.25, 0.3) is 0 Å². The van der Waals surface area contributed by atoms with Crippen LogP contribution in [0.3, 0.4) is 0 Å². The predicted molar refractivity (Wildman–Crippen MR) is 325 cm³/mol. The molecule has 0 aliphatic rings. The van der Waals surface area contributed by atoms with E-state index in [2.05, 4.69) is 91.9 Å². The van der Waals surface area contributed by atoms with Crippen LogP contribution in [0.25, 0.3) is 42.4 Å². The van der Waals surface area contributed by atoms with Gasteiger partial charge in [-0.15, -0.1) is 34.0 Å². The normalized spacial score (nSPS) is 10.6. The van der Waals surface area contributed by atoms with Crippen molar-refractivity contribution in [1.29, 1.82) is 0 Å². The molecule has 0 fully saturated rings. The van der Waals surface area contributed by atoms with Gasteiger partial charge in [0.2, 0.25) is 0 Å². The summed E-state index contributed by atoms with van der Waals surface area (Å²) in [6.45, 7) is 6.77. The van der Waals surface area contributed by atoms with Crippen LogP contribution in [0.2, 0.25) is 0 Å². The fourth-order valence-electron chi connectivity index (χ4n) is 8.73. The van der Waals surface area contributed by atoms with Crippen LogP contribution in [-0.4, -0.2) is 49.6 Å². The van der Waals surface area contributed by atoms with Crippen LogP contribution >= 0.6 is 56.6 Å². The third-order valence-corrected chi connectivity index (χ3v) is 17.6. The number of fused-ring (bicyclic) bond motifs is 2. The van der Waals surface area contributed by atoms with Crippen LogP contribution in [0.15, 0.2) is 91.0 Å². The number of aryl methyl sites for hydroxylation is 3. The summed E-state index contributed by atoms with van der Waals surface area (Å²) in [6, 6.07) is 30.0. The Morgan fingerprint density at radius 3 is 1.47 bits per heavy atom. The summed E-state index contributed by atoms with van der Waals surface area (Å²) >= 11 is 7.67. The van der Waals surface area contributed by atoms with Crippen LogP contribution in [0.4, 0.5) is 0 Å². The van der Waals surface area contributed by atoms with Crippen LogP contribution in [0.5, 0.6) is 11.5 Å². The summed E-state index contributed by atoms with van der Waals surface area (Å²) in [7, 11) is 0.929. The molecule has 7 aromatic rings. The zero-order chi connectivity index (χ0) is 51.5. The van der Waals surface area contributed by atoms with Crippen LogP contribution in [-0.2, 0) is 52.0 Å². The summed E-state index contributed by atoms with van der Waals surface area (Å²) in [4.78, 5) is 29.0. The van der Waals surface area contributed by atoms with Crippen molar-refractivity contribution in [3.05, 3.63) is 120 Å². The predicted octanol–water partition coefficient (Wildman–Crippen LogP) is 17.1. The van der Waals surface area contributed by atoms with Crippen molar-refractivity contribution in [1.82, 2.24) is 0 Å². The number of methoxy groups -OCH3 is 1. The Morgan fingerprint density at radius 1 is 0.541 bits per heavy atom. The van der Waals surface area contributed by atoms with Gasteiger partial charge in [0.05, 0.1) is 14.9 Å². The first-order valence-corrected chi connectivity index (χ1v) is 29.7. The summed E-state index contributed by atoms with van der Waals surface area (Å²) < 4.78 is 11.7. The quantitative estimate of drug-likeness (QED) is 0.0185. The van der Waals surface area contributed by atoms with Crippen molar-refractivity contribution in [3.63, 3.8) is 0 Å². The minimum absolute atomic E-state index is 0. The summed E-state index contributed by atoms with van der Waals surface area (Å²) in [6.07, 6.45) is 29.0. The fourth-order valence-corrected chi connectivity index (χ4v) is 13.1. The number of aldehydes is 2. The molecule has 3 aromatic heterocycles. The zero-order valence-electron chi connectivity index (χ0n) is 43.5. The Bertz CT molecular complexity index is 2700. The molecule has 0 amide bonds. The molecule has 0 saturated carbocycles. The molecule has 14 heteroatoms. The molecule has 0 aliphatic carbocycles. The van der Waals surface area contributed by atoms with Gasteiger partial charge in [-0.25, -0.2) is 0 Å². The fraction of sp³-hybridized carbons (Fsp3) is 0.433. The number of hydrogen-bond donors (Lipinski definition) is 3. The first-order valence-electron chi connectivity index (χ1n) is 26.2. The van der Waals surface area contributed by atoms with Gasteiger partial charge in [-0.2, -0.15) is 0 Å². The number of ether oxygens (including phenoxy) is 1. The van der Waals surface area contributed by atoms with E-state index in [1.807, 2.05) is 17.4 Å². The average Bonchev–Trinajstić information content (AvgIpc) is 4.13. The number of hydrogen-bond acceptors (Lipinski definition) is 10. The molecule has 0 saturated heterocycles. The van der Waals surface area contributed by atoms with Crippen molar-refractivity contribution in [2.75, 3.05) is 7.11 Å². The Balaban J connectivity index is 0.000000348. The zero-order valence-corrected chi connectivity index (χ0v) is 50.9. The molecule has 0 spiro atoms. The monoisotopic (exact) mass is 1240 g/mol. The second-order valence-electron chi connectivity index (χ2n) is 18.5. The van der Waals surface area contributed by atoms with Crippen LogP contribution < -0.4 is 14.9 Å². The van der Waals surface area contributed by atoms with Gasteiger partial charge in [0, 0.05) is 63.3 Å². The molecule has 7 nitrogen and oxygen atoms in total. The molecule has 0 unspecified atom stereocenters. The van der Waals surface area contributed by atoms with E-state index in [1.165, 1.54) is 151 Å². The Hall–Kier alpha value is -2.72. The summed E-state index contributed by atoms with van der Waals surface area (Å²) in [5.41, 5.74) is 4.48. The molecular weight excluding hydrogens is 1170 g/mol. The van der Waals surface area contributed by atoms with E-state index < -0.39 is 7.12 Å². The van der Waals surface area contributed by atoms with E-state index in [0.717, 1.165) is 72.8 Å². The molecule has 0 aliphatic heterocycles. The minimum Gasteiger partial charge on any atom is -0.537 e. The van der Waals surface area contributed by atoms with Gasteiger partial charge in [-0.1, -0.05) is 173 Å². The van der Waals surface area contributed by atoms with Gasteiger partial charge in [-0.05, 0) is 142 Å². The molecule has 0 bridgehead atoms. The molecule has 2 radical (unpaired) electrons. The average molecular weight is 1240 g/mol. The smallest absolute Gasteiger partial charge is 0.537 e. The minimum atomic E-state index is -1.47. The van der Waals surface area contributed by atoms with Crippen molar-refractivity contribution < 1.29 is 66.8 Å². The molecule has 0 atom stereocenters. The van der Waals surface area contributed by atoms with Crippen LogP contribution in [0, 0.1) is 2.88 Å². The van der Waals surface area contributed by atoms with Gasteiger partial charge in [-0.3, -0.25) is 9.59 Å². The summed E-state index contributed by atoms with van der Waals surface area (Å²) in [5.74, 6) is 1.50. The molecule has 3 N–H and O–H groups in total. The second kappa shape index (κ2) is 37.2. The first kappa shape index (κ1) is 65.6. The molecule has 7 rings (SSSR count). The topological polar surface area (TPSA) is 113 Å². The third-order valence-electron chi connectivity index (χ3n) is 12.8. The van der Waals surface area contributed by atoms with Crippen molar-refractivity contribution in [2.24, 2.45) is 0 Å². The maximum Gasteiger partial charge on any atom is 0.569 e. The maximum atomic E-state index is 11.9. The van der Waals surface area contributed by atoms with Gasteiger partial charge < -0.3 is 24.5 Å². The van der Waals surface area contributed by atoms with Gasteiger partial charge in [0.15, 0.2) is 12.6 Å². The Morgan fingerprint density at radius 2 is 0.973 bits per heavy atom. The summed E-state index contributed by atoms with van der Waals surface area (Å²) in [5, 5.41) is 30.7. The van der Waals surface area contributed by atoms with Crippen molar-refractivity contribution in [2.45, 2.75) is 163 Å². The number of rotatable bonds is 29. The van der Waals surface area contributed by atoms with Gasteiger partial charge in [0.1, 0.15) is 11.5 Å². The molecule has 74 heavy (non-hydrogen) atoms. The number of carbonyl (C=O) groups is 2. The largest absolute Gasteiger partial charge is 0.569 e. The first-order chi connectivity index (χ1) is 35.1. The van der Waals surface area contributed by atoms with E-state index in [0.29, 0.717) is 18.9 Å². The van der Waals surface area contributed by atoms with E-state index in [4.69, 9.17) is 24.5 Å². The Labute approximate surface area is 495 Å². The molecular formula is C60H78B2IO7S3Y. The second-order valence-corrected chi connectivity index (χ2v) is 23.7. The number of benzene rings is 4. The maximum absolute atomic E-state index is 11.9. The number of carbonyl (C=O) groups excluding carboxylic acids is 2. The third kappa shape index (κ3) is 21.6. The Kier molecular flexibility index (Phi) is 32.9. The van der Waals surface area contributed by atoms with Crippen LogP contribution in [0.1, 0.15) is 179 Å². The molecule has 4 aromatic carbocycles. The molecule has 394 valence electrons. The number of halogens is 1. The molecule has 3 heterocycles. The van der Waals surface area contributed by atoms with E-state index in [-0.39, 0.29) is 40.1 Å². The van der Waals surface area contributed by atoms with E-state index in [9.17, 15) is 9.59 Å². The number of unbranched alkanes of at least 4 members (excludes halogenated alkanes) is 15. The standard InChI is InChI=1S/C36H46O2S2.C13H19IOS.C10H9B2O4.CH4.Y/c1-4-6-8-10-12-14-16-32-24-31(26-37)35(39-32)29-20-18-28-23-30(21-19-27(28)22-29)36-34(38-3)25-33(40-36)17-15-13-11-9-7-5-2;1-2-3-4-5-6-7-8-12-9-11(10-15)13(14)16-12;13-11-16-10-4-2-7-5-9(12(14)15)3-1-8(7)6-10;;/h18-26H,4-17H2,1-3H3;9-10H,2-8H2,1H3;1-6,13-15H;1H4;. The van der Waals surface area contributed by atoms with E-state index >= 15 is 0 Å². The van der Waals surface area contributed by atoms with Crippen molar-refractivity contribution in [3.8, 4) is 32.4 Å². The van der Waals surface area contributed by atoms with E-state index in [1.54, 1.807) is 66.2 Å². The van der Waals surface area contributed by atoms with Crippen molar-refractivity contribution >= 4 is 111 Å². The number of thiophene rings is 3. The SMILES string of the molecule is C.CCCCCCCCc1cc(C=O)c(-c2ccc3cc(-c4sc(CCCCCCCC)cc4OC)ccc3c2)s1.CCCCCCCCc1cc(C=O)c(I)s1.O[B]Oc1ccc2cc(B(O)O)ccc2c1.[Y]. The van der Waals surface area contributed by atoms with Gasteiger partial charge >= 0.3 is 14.8 Å².